The van der Waals surface area contributed by atoms with Gasteiger partial charge in [-0.25, -0.2) is 0 Å². The Morgan fingerprint density at radius 1 is 1.21 bits per heavy atom. The molecule has 0 amide bonds. The molecule has 0 aliphatic carbocycles. The van der Waals surface area contributed by atoms with Gasteiger partial charge < -0.3 is 10.2 Å². The van der Waals surface area contributed by atoms with Gasteiger partial charge in [0, 0.05) is 0 Å². The fraction of sp³-hybridized carbons (Fsp3) is 0.364. The molecule has 0 radical (unpaired) electrons. The number of hydrogen-bond donors (Lipinski definition) is 2. The van der Waals surface area contributed by atoms with Crippen molar-refractivity contribution >= 4 is 5.97 Å². The Kier molecular flexibility index (Phi) is 3.12. The molecule has 1 aromatic carbocycles. The van der Waals surface area contributed by atoms with E-state index in [1.807, 2.05) is 6.92 Å². The van der Waals surface area contributed by atoms with Crippen LogP contribution in [-0.4, -0.2) is 16.2 Å². The third-order valence-corrected chi connectivity index (χ3v) is 2.56. The molecule has 2 atom stereocenters. The maximum absolute atomic E-state index is 10.7. The van der Waals surface area contributed by atoms with E-state index in [-0.39, 0.29) is 11.7 Å². The third kappa shape index (κ3) is 2.25. The summed E-state index contributed by atoms with van der Waals surface area (Å²) < 4.78 is 0. The molecule has 0 fully saturated rings. The summed E-state index contributed by atoms with van der Waals surface area (Å²) in [7, 11) is 0. The predicted octanol–water partition coefficient (Wildman–Crippen LogP) is 2.22. The average molecular weight is 194 g/mol. The number of aromatic hydroxyl groups is 1. The zero-order valence-electron chi connectivity index (χ0n) is 8.27. The van der Waals surface area contributed by atoms with Crippen LogP contribution < -0.4 is 0 Å². The Labute approximate surface area is 83.0 Å². The number of carbonyl (C=O) groups is 1. The van der Waals surface area contributed by atoms with Gasteiger partial charge in [0.2, 0.25) is 0 Å². The van der Waals surface area contributed by atoms with Gasteiger partial charge >= 0.3 is 5.97 Å². The van der Waals surface area contributed by atoms with Gasteiger partial charge in [0.25, 0.3) is 0 Å². The third-order valence-electron chi connectivity index (χ3n) is 2.56. The summed E-state index contributed by atoms with van der Waals surface area (Å²) in [5.74, 6) is -1.07. The van der Waals surface area contributed by atoms with Crippen molar-refractivity contribution in [3.8, 4) is 5.75 Å². The Hall–Kier alpha value is -1.51. The number of carboxylic acid groups (broad SMARTS) is 1. The molecule has 0 spiro atoms. The van der Waals surface area contributed by atoms with Crippen LogP contribution in [-0.2, 0) is 4.79 Å². The van der Waals surface area contributed by atoms with Gasteiger partial charge in [-0.2, -0.15) is 0 Å². The molecule has 0 saturated carbocycles. The second kappa shape index (κ2) is 4.13. The summed E-state index contributed by atoms with van der Waals surface area (Å²) in [5, 5.41) is 17.9. The van der Waals surface area contributed by atoms with Crippen molar-refractivity contribution in [1.82, 2.24) is 0 Å². The molecule has 0 aliphatic heterocycles. The second-order valence-corrected chi connectivity index (χ2v) is 3.51. The van der Waals surface area contributed by atoms with Crippen LogP contribution in [0.3, 0.4) is 0 Å². The van der Waals surface area contributed by atoms with E-state index in [1.165, 1.54) is 0 Å². The number of aliphatic carboxylic acids is 1. The Morgan fingerprint density at radius 2 is 1.71 bits per heavy atom. The van der Waals surface area contributed by atoms with Crippen molar-refractivity contribution in [3.05, 3.63) is 29.8 Å². The van der Waals surface area contributed by atoms with Crippen LogP contribution in [0.4, 0.5) is 0 Å². The first kappa shape index (κ1) is 10.6. The van der Waals surface area contributed by atoms with E-state index in [1.54, 1.807) is 31.2 Å². The van der Waals surface area contributed by atoms with E-state index in [4.69, 9.17) is 10.2 Å². The van der Waals surface area contributed by atoms with Gasteiger partial charge in [-0.1, -0.05) is 26.0 Å². The molecule has 3 nitrogen and oxygen atoms in total. The standard InChI is InChI=1S/C11H14O3/c1-7(8(2)11(13)14)9-3-5-10(12)6-4-9/h3-8,12H,1-2H3,(H,13,14). The SMILES string of the molecule is CC(C(=O)O)C(C)c1ccc(O)cc1. The van der Waals surface area contributed by atoms with Crippen LogP contribution in [0, 0.1) is 5.92 Å². The smallest absolute Gasteiger partial charge is 0.306 e. The van der Waals surface area contributed by atoms with Crippen LogP contribution >= 0.6 is 0 Å². The van der Waals surface area contributed by atoms with Crippen LogP contribution in [0.1, 0.15) is 25.3 Å². The number of carboxylic acids is 1. The van der Waals surface area contributed by atoms with Crippen molar-refractivity contribution in [3.63, 3.8) is 0 Å². The highest BCUT2D eigenvalue weighted by atomic mass is 16.4. The molecule has 2 unspecified atom stereocenters. The van der Waals surface area contributed by atoms with Gasteiger partial charge in [0.1, 0.15) is 5.75 Å². The van der Waals surface area contributed by atoms with E-state index < -0.39 is 11.9 Å². The zero-order chi connectivity index (χ0) is 10.7. The lowest BCUT2D eigenvalue weighted by Gasteiger charge is -2.16. The quantitative estimate of drug-likeness (QED) is 0.775. The monoisotopic (exact) mass is 194 g/mol. The minimum atomic E-state index is -0.800. The largest absolute Gasteiger partial charge is 0.508 e. The highest BCUT2D eigenvalue weighted by molar-refractivity contribution is 5.70. The van der Waals surface area contributed by atoms with Crippen LogP contribution in [0.15, 0.2) is 24.3 Å². The minimum Gasteiger partial charge on any atom is -0.508 e. The van der Waals surface area contributed by atoms with E-state index in [0.717, 1.165) is 5.56 Å². The summed E-state index contributed by atoms with van der Waals surface area (Å²) in [5.41, 5.74) is 0.928. The maximum atomic E-state index is 10.7. The summed E-state index contributed by atoms with van der Waals surface area (Å²) >= 11 is 0. The molecule has 3 heteroatoms. The fourth-order valence-corrected chi connectivity index (χ4v) is 1.28. The van der Waals surface area contributed by atoms with Gasteiger partial charge in [0.05, 0.1) is 5.92 Å². The van der Waals surface area contributed by atoms with Crippen molar-refractivity contribution < 1.29 is 15.0 Å². The highest BCUT2D eigenvalue weighted by Gasteiger charge is 2.20. The lowest BCUT2D eigenvalue weighted by atomic mass is 9.89. The molecule has 0 heterocycles. The first-order valence-corrected chi connectivity index (χ1v) is 4.54. The number of hydrogen-bond acceptors (Lipinski definition) is 2. The van der Waals surface area contributed by atoms with E-state index in [0.29, 0.717) is 0 Å². The molecule has 0 aromatic heterocycles. The van der Waals surface area contributed by atoms with Gasteiger partial charge in [-0.05, 0) is 23.6 Å². The fourth-order valence-electron chi connectivity index (χ4n) is 1.28. The first-order chi connectivity index (χ1) is 6.52. The molecule has 14 heavy (non-hydrogen) atoms. The van der Waals surface area contributed by atoms with Crippen LogP contribution in [0.25, 0.3) is 0 Å². The van der Waals surface area contributed by atoms with Crippen molar-refractivity contribution in [2.45, 2.75) is 19.8 Å². The lowest BCUT2D eigenvalue weighted by Crippen LogP contribution is -2.16. The van der Waals surface area contributed by atoms with E-state index >= 15 is 0 Å². The van der Waals surface area contributed by atoms with E-state index in [9.17, 15) is 4.79 Å². The summed E-state index contributed by atoms with van der Waals surface area (Å²) in [6.45, 7) is 3.55. The lowest BCUT2D eigenvalue weighted by molar-refractivity contribution is -0.141. The Bertz CT molecular complexity index is 316. The summed E-state index contributed by atoms with van der Waals surface area (Å²) in [6, 6.07) is 6.64. The topological polar surface area (TPSA) is 57.5 Å². The Balaban J connectivity index is 2.84. The van der Waals surface area contributed by atoms with Crippen molar-refractivity contribution in [2.24, 2.45) is 5.92 Å². The number of benzene rings is 1. The minimum absolute atomic E-state index is 0.0481. The number of phenols is 1. The molecule has 1 aromatic rings. The maximum Gasteiger partial charge on any atom is 0.306 e. The summed E-state index contributed by atoms with van der Waals surface area (Å²) in [6.07, 6.45) is 0. The first-order valence-electron chi connectivity index (χ1n) is 4.54. The molecular formula is C11H14O3. The molecule has 1 rings (SSSR count). The number of phenolic OH excluding ortho intramolecular Hbond substituents is 1. The van der Waals surface area contributed by atoms with E-state index in [2.05, 4.69) is 0 Å². The molecular weight excluding hydrogens is 180 g/mol. The Morgan fingerprint density at radius 3 is 2.14 bits per heavy atom. The van der Waals surface area contributed by atoms with Gasteiger partial charge in [-0.15, -0.1) is 0 Å². The molecule has 0 aliphatic rings. The van der Waals surface area contributed by atoms with Crippen LogP contribution in [0.5, 0.6) is 5.75 Å². The van der Waals surface area contributed by atoms with Gasteiger partial charge in [0.15, 0.2) is 0 Å². The molecule has 0 saturated heterocycles. The molecule has 76 valence electrons. The van der Waals surface area contributed by atoms with Gasteiger partial charge in [-0.3, -0.25) is 4.79 Å². The highest BCUT2D eigenvalue weighted by Crippen LogP contribution is 2.25. The zero-order valence-corrected chi connectivity index (χ0v) is 8.27. The second-order valence-electron chi connectivity index (χ2n) is 3.51. The summed E-state index contributed by atoms with van der Waals surface area (Å²) in [4.78, 5) is 10.7. The normalized spacial score (nSPS) is 14.7. The predicted molar refractivity (Wildman–Crippen MR) is 53.3 cm³/mol. The van der Waals surface area contributed by atoms with Crippen LogP contribution in [0.2, 0.25) is 0 Å². The van der Waals surface area contributed by atoms with Crippen molar-refractivity contribution in [1.29, 1.82) is 0 Å². The molecule has 0 bridgehead atoms. The number of rotatable bonds is 3. The molecule has 2 N–H and O–H groups in total. The average Bonchev–Trinajstić information content (AvgIpc) is 2.16. The van der Waals surface area contributed by atoms with Crippen molar-refractivity contribution in [2.75, 3.05) is 0 Å².